The molecule has 0 atom stereocenters. The van der Waals surface area contributed by atoms with Gasteiger partial charge >= 0.3 is 6.18 Å². The van der Waals surface area contributed by atoms with Gasteiger partial charge in [0.15, 0.2) is 0 Å². The van der Waals surface area contributed by atoms with E-state index in [-0.39, 0.29) is 0 Å². The fourth-order valence-electron chi connectivity index (χ4n) is 1.56. The lowest BCUT2D eigenvalue weighted by molar-refractivity contribution is -0.137. The normalized spacial score (nSPS) is 11.2. The number of nitrogens with one attached hydrogen (secondary N) is 1. The van der Waals surface area contributed by atoms with Crippen molar-refractivity contribution in [2.24, 2.45) is 0 Å². The summed E-state index contributed by atoms with van der Waals surface area (Å²) >= 11 is 0. The molecule has 1 N–H and O–H groups in total. The Bertz CT molecular complexity index is 483. The third-order valence-corrected chi connectivity index (χ3v) is 2.38. The van der Waals surface area contributed by atoms with Gasteiger partial charge in [0.05, 0.1) is 5.56 Å². The molecule has 0 aliphatic rings. The highest BCUT2D eigenvalue weighted by molar-refractivity contribution is 5.81. The van der Waals surface area contributed by atoms with Gasteiger partial charge < -0.3 is 4.98 Å². The van der Waals surface area contributed by atoms with Gasteiger partial charge in [0.25, 0.3) is 0 Å². The molecule has 0 aliphatic heterocycles. The molecule has 0 saturated heterocycles. The van der Waals surface area contributed by atoms with E-state index >= 15 is 0 Å². The van der Waals surface area contributed by atoms with Crippen LogP contribution in [-0.2, 0) is 12.6 Å². The van der Waals surface area contributed by atoms with E-state index in [1.54, 1.807) is 6.07 Å². The number of halogens is 3. The van der Waals surface area contributed by atoms with Crippen molar-refractivity contribution in [3.63, 3.8) is 0 Å². The summed E-state index contributed by atoms with van der Waals surface area (Å²) in [6.07, 6.45) is -3.48. The van der Waals surface area contributed by atoms with E-state index in [4.69, 9.17) is 0 Å². The third kappa shape index (κ3) is 3.02. The van der Waals surface area contributed by atoms with Crippen LogP contribution in [0.1, 0.15) is 32.0 Å². The van der Waals surface area contributed by atoms with E-state index in [2.05, 4.69) is 4.98 Å². The standard InChI is InChI=1S/C11H10F3N.C2H6/c1-2-9-6-7-5-8(11(12,13)14)3-4-10(7)15-9;1-2/h3-6,15H,2H2,1H3;1-2H3. The zero-order chi connectivity index (χ0) is 13.1. The van der Waals surface area contributed by atoms with Crippen LogP contribution in [0.4, 0.5) is 13.2 Å². The van der Waals surface area contributed by atoms with Crippen molar-refractivity contribution in [2.45, 2.75) is 33.4 Å². The van der Waals surface area contributed by atoms with Crippen molar-refractivity contribution in [1.29, 1.82) is 0 Å². The largest absolute Gasteiger partial charge is 0.416 e. The Hall–Kier alpha value is -1.45. The number of rotatable bonds is 1. The third-order valence-electron chi connectivity index (χ3n) is 2.38. The quantitative estimate of drug-likeness (QED) is 0.742. The van der Waals surface area contributed by atoms with Crippen LogP contribution >= 0.6 is 0 Å². The summed E-state index contributed by atoms with van der Waals surface area (Å²) in [7, 11) is 0. The van der Waals surface area contributed by atoms with E-state index in [1.165, 1.54) is 12.1 Å². The van der Waals surface area contributed by atoms with Crippen molar-refractivity contribution in [2.75, 3.05) is 0 Å². The molecule has 0 unspecified atom stereocenters. The second kappa shape index (κ2) is 5.25. The maximum absolute atomic E-state index is 12.4. The highest BCUT2D eigenvalue weighted by Gasteiger charge is 2.30. The molecule has 1 aromatic carbocycles. The average molecular weight is 243 g/mol. The number of hydrogen-bond acceptors (Lipinski definition) is 0. The lowest BCUT2D eigenvalue weighted by Crippen LogP contribution is -2.03. The highest BCUT2D eigenvalue weighted by Crippen LogP contribution is 2.31. The first-order chi connectivity index (χ1) is 8.00. The molecule has 0 radical (unpaired) electrons. The number of hydrogen-bond donors (Lipinski definition) is 1. The van der Waals surface area contributed by atoms with Crippen molar-refractivity contribution >= 4 is 10.9 Å². The number of aromatic amines is 1. The Balaban J connectivity index is 0.000000686. The van der Waals surface area contributed by atoms with Gasteiger partial charge in [-0.05, 0) is 30.7 Å². The first-order valence-electron chi connectivity index (χ1n) is 5.69. The Morgan fingerprint density at radius 2 is 1.76 bits per heavy atom. The predicted octanol–water partition coefficient (Wildman–Crippen LogP) is 4.78. The molecule has 0 saturated carbocycles. The molecule has 0 bridgehead atoms. The second-order valence-electron chi connectivity index (χ2n) is 3.45. The Labute approximate surface area is 98.6 Å². The molecule has 0 spiro atoms. The maximum atomic E-state index is 12.4. The number of alkyl halides is 3. The highest BCUT2D eigenvalue weighted by atomic mass is 19.4. The minimum Gasteiger partial charge on any atom is -0.358 e. The minimum absolute atomic E-state index is 0.600. The number of H-pyrrole nitrogens is 1. The molecule has 94 valence electrons. The summed E-state index contributed by atoms with van der Waals surface area (Å²) in [5, 5.41) is 0.613. The molecule has 2 aromatic rings. The summed E-state index contributed by atoms with van der Waals surface area (Å²) in [5.41, 5.74) is 1.10. The van der Waals surface area contributed by atoms with Gasteiger partial charge in [-0.2, -0.15) is 13.2 Å². The van der Waals surface area contributed by atoms with Gasteiger partial charge in [-0.3, -0.25) is 0 Å². The van der Waals surface area contributed by atoms with E-state index in [0.717, 1.165) is 23.7 Å². The van der Waals surface area contributed by atoms with Crippen molar-refractivity contribution in [3.05, 3.63) is 35.5 Å². The molecular weight excluding hydrogens is 227 g/mol. The smallest absolute Gasteiger partial charge is 0.358 e. The van der Waals surface area contributed by atoms with Crippen LogP contribution in [0.15, 0.2) is 24.3 Å². The summed E-state index contributed by atoms with van der Waals surface area (Å²) < 4.78 is 37.2. The zero-order valence-electron chi connectivity index (χ0n) is 10.2. The van der Waals surface area contributed by atoms with Gasteiger partial charge in [-0.15, -0.1) is 0 Å². The molecule has 4 heteroatoms. The van der Waals surface area contributed by atoms with Crippen LogP contribution in [0.5, 0.6) is 0 Å². The van der Waals surface area contributed by atoms with Crippen molar-refractivity contribution < 1.29 is 13.2 Å². The molecule has 1 aromatic heterocycles. The monoisotopic (exact) mass is 243 g/mol. The first-order valence-corrected chi connectivity index (χ1v) is 5.69. The first kappa shape index (κ1) is 13.6. The van der Waals surface area contributed by atoms with Crippen molar-refractivity contribution in [1.82, 2.24) is 4.98 Å². The Morgan fingerprint density at radius 3 is 2.29 bits per heavy atom. The molecule has 0 amide bonds. The lowest BCUT2D eigenvalue weighted by atomic mass is 10.1. The fourth-order valence-corrected chi connectivity index (χ4v) is 1.56. The van der Waals surface area contributed by atoms with Gasteiger partial charge in [-0.1, -0.05) is 20.8 Å². The van der Waals surface area contributed by atoms with Crippen LogP contribution in [0.2, 0.25) is 0 Å². The van der Waals surface area contributed by atoms with E-state index < -0.39 is 11.7 Å². The zero-order valence-corrected chi connectivity index (χ0v) is 10.2. The lowest BCUT2D eigenvalue weighted by Gasteiger charge is -2.05. The van der Waals surface area contributed by atoms with Crippen LogP contribution in [0.3, 0.4) is 0 Å². The average Bonchev–Trinajstić information content (AvgIpc) is 2.72. The number of aryl methyl sites for hydroxylation is 1. The summed E-state index contributed by atoms with van der Waals surface area (Å²) in [6.45, 7) is 5.95. The van der Waals surface area contributed by atoms with E-state index in [0.29, 0.717) is 5.39 Å². The van der Waals surface area contributed by atoms with E-state index in [9.17, 15) is 13.2 Å². The second-order valence-corrected chi connectivity index (χ2v) is 3.45. The molecule has 0 aliphatic carbocycles. The number of fused-ring (bicyclic) bond motifs is 1. The number of aromatic nitrogens is 1. The molecule has 0 fully saturated rings. The van der Waals surface area contributed by atoms with Crippen molar-refractivity contribution in [3.8, 4) is 0 Å². The molecule has 17 heavy (non-hydrogen) atoms. The van der Waals surface area contributed by atoms with Crippen LogP contribution in [0.25, 0.3) is 10.9 Å². The van der Waals surface area contributed by atoms with Gasteiger partial charge in [-0.25, -0.2) is 0 Å². The van der Waals surface area contributed by atoms with Gasteiger partial charge in [0.2, 0.25) is 0 Å². The van der Waals surface area contributed by atoms with Crippen LogP contribution in [-0.4, -0.2) is 4.98 Å². The molecule has 1 heterocycles. The van der Waals surface area contributed by atoms with Crippen LogP contribution < -0.4 is 0 Å². The summed E-state index contributed by atoms with van der Waals surface area (Å²) in [4.78, 5) is 3.06. The minimum atomic E-state index is -4.27. The van der Waals surface area contributed by atoms with E-state index in [1.807, 2.05) is 20.8 Å². The maximum Gasteiger partial charge on any atom is 0.416 e. The summed E-state index contributed by atoms with van der Waals surface area (Å²) in [6, 6.07) is 5.49. The Morgan fingerprint density at radius 1 is 1.12 bits per heavy atom. The molecule has 1 nitrogen and oxygen atoms in total. The number of benzene rings is 1. The molecular formula is C13H16F3N. The predicted molar refractivity (Wildman–Crippen MR) is 64.0 cm³/mol. The topological polar surface area (TPSA) is 15.8 Å². The Kier molecular flexibility index (Phi) is 4.21. The van der Waals surface area contributed by atoms with Gasteiger partial charge in [0.1, 0.15) is 0 Å². The molecule has 2 rings (SSSR count). The fraction of sp³-hybridized carbons (Fsp3) is 0.385. The van der Waals surface area contributed by atoms with Gasteiger partial charge in [0, 0.05) is 16.6 Å². The summed E-state index contributed by atoms with van der Waals surface area (Å²) in [5.74, 6) is 0. The van der Waals surface area contributed by atoms with Crippen LogP contribution in [0, 0.1) is 0 Å². The SMILES string of the molecule is CC.CCc1cc2cc(C(F)(F)F)ccc2[nH]1.